The average molecular weight is 347 g/mol. The van der Waals surface area contributed by atoms with Crippen LogP contribution in [-0.4, -0.2) is 17.4 Å². The summed E-state index contributed by atoms with van der Waals surface area (Å²) in [6.45, 7) is 1.25. The van der Waals surface area contributed by atoms with Crippen molar-refractivity contribution in [2.75, 3.05) is 16.8 Å². The van der Waals surface area contributed by atoms with Gasteiger partial charge < -0.3 is 10.2 Å². The third kappa shape index (κ3) is 3.28. The molecule has 0 spiro atoms. The van der Waals surface area contributed by atoms with Gasteiger partial charge in [-0.1, -0.05) is 30.3 Å². The zero-order chi connectivity index (χ0) is 17.9. The number of fused-ring (bicyclic) bond motifs is 1. The molecular weight excluding hydrogens is 329 g/mol. The summed E-state index contributed by atoms with van der Waals surface area (Å²) >= 11 is 0. The number of hydrogen-bond donors (Lipinski definition) is 1. The quantitative estimate of drug-likeness (QED) is 0.775. The maximum Gasteiger partial charge on any atom is 0.276 e. The van der Waals surface area contributed by atoms with E-state index in [2.05, 4.69) is 16.4 Å². The van der Waals surface area contributed by atoms with Gasteiger partial charge in [-0.05, 0) is 47.9 Å². The molecule has 2 heterocycles. The summed E-state index contributed by atoms with van der Waals surface area (Å²) in [6.07, 6.45) is 2.53. The molecule has 0 aliphatic carbocycles. The molecule has 0 saturated heterocycles. The Hall–Kier alpha value is -3.21. The fourth-order valence-electron chi connectivity index (χ4n) is 3.12. The van der Waals surface area contributed by atoms with E-state index in [9.17, 15) is 9.18 Å². The van der Waals surface area contributed by atoms with Crippen LogP contribution in [0, 0.1) is 5.82 Å². The van der Waals surface area contributed by atoms with Gasteiger partial charge in [0.1, 0.15) is 11.5 Å². The first-order valence-corrected chi connectivity index (χ1v) is 8.55. The van der Waals surface area contributed by atoms with Crippen molar-refractivity contribution in [1.82, 2.24) is 4.98 Å². The zero-order valence-electron chi connectivity index (χ0n) is 14.2. The molecule has 0 unspecified atom stereocenters. The molecule has 0 atom stereocenters. The molecule has 0 fully saturated rings. The topological polar surface area (TPSA) is 45.2 Å². The largest absolute Gasteiger partial charge is 0.380 e. The summed E-state index contributed by atoms with van der Waals surface area (Å²) < 4.78 is 12.9. The van der Waals surface area contributed by atoms with Crippen LogP contribution in [0.3, 0.4) is 0 Å². The molecular formula is C21H18FN3O. The minimum Gasteiger partial charge on any atom is -0.380 e. The highest BCUT2D eigenvalue weighted by molar-refractivity contribution is 6.06. The monoisotopic (exact) mass is 347 g/mol. The lowest BCUT2D eigenvalue weighted by atomic mass is 10.2. The molecule has 1 aliphatic heterocycles. The standard InChI is InChI=1S/C21H18FN3O/c22-17-7-5-15(6-8-17)13-23-18-9-10-19(24-14-18)21(26)25-12-11-16-3-1-2-4-20(16)25/h1-10,14,23H,11-13H2. The van der Waals surface area contributed by atoms with E-state index < -0.39 is 0 Å². The third-order valence-electron chi connectivity index (χ3n) is 4.52. The molecule has 4 rings (SSSR count). The van der Waals surface area contributed by atoms with Crippen molar-refractivity contribution in [2.45, 2.75) is 13.0 Å². The summed E-state index contributed by atoms with van der Waals surface area (Å²) in [5.74, 6) is -0.332. The fraction of sp³-hybridized carbons (Fsp3) is 0.143. The van der Waals surface area contributed by atoms with Crippen LogP contribution in [0.15, 0.2) is 66.9 Å². The number of benzene rings is 2. The Labute approximate surface area is 151 Å². The van der Waals surface area contributed by atoms with E-state index in [-0.39, 0.29) is 11.7 Å². The second-order valence-electron chi connectivity index (χ2n) is 6.25. The molecule has 1 N–H and O–H groups in total. The Morgan fingerprint density at radius 3 is 2.65 bits per heavy atom. The Bertz CT molecular complexity index is 923. The number of hydrogen-bond acceptors (Lipinski definition) is 3. The van der Waals surface area contributed by atoms with E-state index in [1.54, 1.807) is 29.3 Å². The minimum absolute atomic E-state index is 0.0833. The van der Waals surface area contributed by atoms with Gasteiger partial charge in [0.25, 0.3) is 5.91 Å². The zero-order valence-corrected chi connectivity index (χ0v) is 14.2. The molecule has 1 amide bonds. The van der Waals surface area contributed by atoms with Gasteiger partial charge in [-0.3, -0.25) is 4.79 Å². The molecule has 0 saturated carbocycles. The Balaban J connectivity index is 1.43. The van der Waals surface area contributed by atoms with E-state index >= 15 is 0 Å². The number of nitrogens with zero attached hydrogens (tertiary/aromatic N) is 2. The minimum atomic E-state index is -0.248. The Morgan fingerprint density at radius 2 is 1.88 bits per heavy atom. The number of halogens is 1. The first-order chi connectivity index (χ1) is 12.7. The van der Waals surface area contributed by atoms with Crippen molar-refractivity contribution in [3.63, 3.8) is 0 Å². The number of pyridine rings is 1. The van der Waals surface area contributed by atoms with E-state index in [0.717, 1.165) is 23.4 Å². The van der Waals surface area contributed by atoms with Crippen LogP contribution in [-0.2, 0) is 13.0 Å². The van der Waals surface area contributed by atoms with Gasteiger partial charge in [-0.2, -0.15) is 0 Å². The third-order valence-corrected chi connectivity index (χ3v) is 4.52. The molecule has 5 heteroatoms. The van der Waals surface area contributed by atoms with Gasteiger partial charge in [-0.25, -0.2) is 9.37 Å². The normalized spacial score (nSPS) is 12.7. The number of nitrogens with one attached hydrogen (secondary N) is 1. The number of rotatable bonds is 4. The van der Waals surface area contributed by atoms with Gasteiger partial charge in [0.05, 0.1) is 11.9 Å². The lowest BCUT2D eigenvalue weighted by Crippen LogP contribution is -2.29. The van der Waals surface area contributed by atoms with Gasteiger partial charge in [0, 0.05) is 18.8 Å². The summed E-state index contributed by atoms with van der Waals surface area (Å²) in [5, 5.41) is 3.22. The molecule has 1 aliphatic rings. The number of amides is 1. The highest BCUT2D eigenvalue weighted by atomic mass is 19.1. The lowest BCUT2D eigenvalue weighted by Gasteiger charge is -2.17. The first kappa shape index (κ1) is 16.3. The van der Waals surface area contributed by atoms with Crippen LogP contribution in [0.2, 0.25) is 0 Å². The summed E-state index contributed by atoms with van der Waals surface area (Å²) in [6, 6.07) is 17.9. The predicted molar refractivity (Wildman–Crippen MR) is 99.8 cm³/mol. The predicted octanol–water partition coefficient (Wildman–Crippen LogP) is 4.04. The number of carbonyl (C=O) groups is 1. The molecule has 2 aromatic carbocycles. The van der Waals surface area contributed by atoms with Crippen molar-refractivity contribution in [2.24, 2.45) is 0 Å². The Morgan fingerprint density at radius 1 is 1.08 bits per heavy atom. The Kier molecular flexibility index (Phi) is 4.35. The van der Waals surface area contributed by atoms with Gasteiger partial charge in [-0.15, -0.1) is 0 Å². The second kappa shape index (κ2) is 6.96. The number of aromatic nitrogens is 1. The van der Waals surface area contributed by atoms with Crippen LogP contribution >= 0.6 is 0 Å². The molecule has 1 aromatic heterocycles. The van der Waals surface area contributed by atoms with Crippen molar-refractivity contribution in [3.8, 4) is 0 Å². The molecule has 4 nitrogen and oxygen atoms in total. The molecule has 0 bridgehead atoms. The SMILES string of the molecule is O=C(c1ccc(NCc2ccc(F)cc2)cn1)N1CCc2ccccc21. The van der Waals surface area contributed by atoms with Crippen molar-refractivity contribution < 1.29 is 9.18 Å². The van der Waals surface area contributed by atoms with Crippen molar-refractivity contribution in [3.05, 3.63) is 89.5 Å². The van der Waals surface area contributed by atoms with Crippen LogP contribution in [0.5, 0.6) is 0 Å². The van der Waals surface area contributed by atoms with Gasteiger partial charge in [0.2, 0.25) is 0 Å². The van der Waals surface area contributed by atoms with Crippen LogP contribution in [0.1, 0.15) is 21.6 Å². The number of para-hydroxylation sites is 1. The maximum absolute atomic E-state index is 12.9. The first-order valence-electron chi connectivity index (χ1n) is 8.55. The average Bonchev–Trinajstić information content (AvgIpc) is 3.11. The number of carbonyl (C=O) groups excluding carboxylic acids is 1. The molecule has 130 valence electrons. The van der Waals surface area contributed by atoms with Gasteiger partial charge in [0.15, 0.2) is 0 Å². The van der Waals surface area contributed by atoms with E-state index in [1.165, 1.54) is 17.7 Å². The highest BCUT2D eigenvalue weighted by Crippen LogP contribution is 2.28. The van der Waals surface area contributed by atoms with Crippen LogP contribution < -0.4 is 10.2 Å². The molecule has 26 heavy (non-hydrogen) atoms. The van der Waals surface area contributed by atoms with Gasteiger partial charge >= 0.3 is 0 Å². The van der Waals surface area contributed by atoms with Crippen molar-refractivity contribution >= 4 is 17.3 Å². The van der Waals surface area contributed by atoms with Crippen LogP contribution in [0.4, 0.5) is 15.8 Å². The fourth-order valence-corrected chi connectivity index (χ4v) is 3.12. The van der Waals surface area contributed by atoms with E-state index in [0.29, 0.717) is 18.8 Å². The number of anilines is 2. The highest BCUT2D eigenvalue weighted by Gasteiger charge is 2.25. The summed E-state index contributed by atoms with van der Waals surface area (Å²) in [7, 11) is 0. The van der Waals surface area contributed by atoms with E-state index in [1.807, 2.05) is 24.3 Å². The summed E-state index contributed by atoms with van der Waals surface area (Å²) in [5.41, 5.74) is 4.37. The molecule has 0 radical (unpaired) electrons. The molecule has 3 aromatic rings. The summed E-state index contributed by atoms with van der Waals surface area (Å²) in [4.78, 5) is 18.8. The van der Waals surface area contributed by atoms with Crippen molar-refractivity contribution in [1.29, 1.82) is 0 Å². The van der Waals surface area contributed by atoms with Crippen LogP contribution in [0.25, 0.3) is 0 Å². The van der Waals surface area contributed by atoms with E-state index in [4.69, 9.17) is 0 Å². The second-order valence-corrected chi connectivity index (χ2v) is 6.25. The maximum atomic E-state index is 12.9. The smallest absolute Gasteiger partial charge is 0.276 e. The lowest BCUT2D eigenvalue weighted by molar-refractivity contribution is 0.0984.